The van der Waals surface area contributed by atoms with Gasteiger partial charge in [-0.05, 0) is 36.6 Å². The van der Waals surface area contributed by atoms with E-state index in [-0.39, 0.29) is 24.9 Å². The van der Waals surface area contributed by atoms with Crippen molar-refractivity contribution in [3.63, 3.8) is 0 Å². The van der Waals surface area contributed by atoms with Crippen molar-refractivity contribution >= 4 is 6.03 Å². The first-order chi connectivity index (χ1) is 12.2. The van der Waals surface area contributed by atoms with Crippen LogP contribution in [0.5, 0.6) is 11.5 Å². The van der Waals surface area contributed by atoms with Crippen LogP contribution in [0.15, 0.2) is 48.5 Å². The van der Waals surface area contributed by atoms with Gasteiger partial charge in [-0.2, -0.15) is 0 Å². The largest absolute Gasteiger partial charge is 0.454 e. The Morgan fingerprint density at radius 2 is 1.80 bits per heavy atom. The zero-order chi connectivity index (χ0) is 17.6. The number of carbonyl (C=O) groups is 1. The molecule has 3 rings (SSSR count). The molecule has 132 valence electrons. The molecule has 1 aliphatic heterocycles. The Bertz CT molecular complexity index is 718. The summed E-state index contributed by atoms with van der Waals surface area (Å²) >= 11 is 0. The zero-order valence-electron chi connectivity index (χ0n) is 14.6. The SMILES string of the molecule is CCC[C@H](NC(=O)N[C@H](C)c1ccc2c(c1)OCO2)c1ccccc1. The van der Waals surface area contributed by atoms with Crippen LogP contribution < -0.4 is 20.1 Å². The number of fused-ring (bicyclic) bond motifs is 1. The van der Waals surface area contributed by atoms with Crippen molar-refractivity contribution < 1.29 is 14.3 Å². The van der Waals surface area contributed by atoms with Gasteiger partial charge in [-0.1, -0.05) is 49.7 Å². The second-order valence-electron chi connectivity index (χ2n) is 6.20. The van der Waals surface area contributed by atoms with E-state index in [2.05, 4.69) is 17.6 Å². The van der Waals surface area contributed by atoms with E-state index in [1.807, 2.05) is 55.5 Å². The average molecular weight is 340 g/mol. The lowest BCUT2D eigenvalue weighted by Crippen LogP contribution is -2.39. The summed E-state index contributed by atoms with van der Waals surface area (Å²) in [4.78, 5) is 12.4. The number of benzene rings is 2. The molecule has 5 heteroatoms. The van der Waals surface area contributed by atoms with E-state index in [0.29, 0.717) is 0 Å². The molecule has 25 heavy (non-hydrogen) atoms. The van der Waals surface area contributed by atoms with Gasteiger partial charge in [0.1, 0.15) is 0 Å². The molecule has 2 atom stereocenters. The van der Waals surface area contributed by atoms with E-state index in [4.69, 9.17) is 9.47 Å². The summed E-state index contributed by atoms with van der Waals surface area (Å²) in [6.45, 7) is 4.32. The second-order valence-corrected chi connectivity index (χ2v) is 6.20. The summed E-state index contributed by atoms with van der Waals surface area (Å²) in [5.41, 5.74) is 2.10. The third kappa shape index (κ3) is 4.24. The Labute approximate surface area is 148 Å². The van der Waals surface area contributed by atoms with Crippen LogP contribution in [0, 0.1) is 0 Å². The van der Waals surface area contributed by atoms with Gasteiger partial charge < -0.3 is 20.1 Å². The van der Waals surface area contributed by atoms with Gasteiger partial charge in [0.05, 0.1) is 12.1 Å². The van der Waals surface area contributed by atoms with Crippen molar-refractivity contribution in [1.29, 1.82) is 0 Å². The number of rotatable bonds is 6. The highest BCUT2D eigenvalue weighted by atomic mass is 16.7. The van der Waals surface area contributed by atoms with Crippen LogP contribution in [0.4, 0.5) is 4.79 Å². The monoisotopic (exact) mass is 340 g/mol. The van der Waals surface area contributed by atoms with Crippen LogP contribution in [0.3, 0.4) is 0 Å². The van der Waals surface area contributed by atoms with Crippen molar-refractivity contribution in [2.75, 3.05) is 6.79 Å². The Hall–Kier alpha value is -2.69. The number of amides is 2. The highest BCUT2D eigenvalue weighted by Gasteiger charge is 2.18. The summed E-state index contributed by atoms with van der Waals surface area (Å²) in [5.74, 6) is 1.46. The molecule has 0 unspecified atom stereocenters. The smallest absolute Gasteiger partial charge is 0.315 e. The van der Waals surface area contributed by atoms with Gasteiger partial charge in [0.2, 0.25) is 6.79 Å². The van der Waals surface area contributed by atoms with Crippen LogP contribution in [-0.4, -0.2) is 12.8 Å². The minimum Gasteiger partial charge on any atom is -0.454 e. The molecule has 1 aliphatic rings. The predicted molar refractivity (Wildman–Crippen MR) is 96.7 cm³/mol. The minimum absolute atomic E-state index is 0.00940. The lowest BCUT2D eigenvalue weighted by atomic mass is 10.0. The molecule has 2 aromatic rings. The van der Waals surface area contributed by atoms with Crippen molar-refractivity contribution in [3.05, 3.63) is 59.7 Å². The molecule has 0 saturated carbocycles. The van der Waals surface area contributed by atoms with E-state index in [9.17, 15) is 4.79 Å². The molecule has 0 radical (unpaired) electrons. The molecular formula is C20H24N2O3. The topological polar surface area (TPSA) is 59.6 Å². The van der Waals surface area contributed by atoms with Gasteiger partial charge in [0.15, 0.2) is 11.5 Å². The van der Waals surface area contributed by atoms with Gasteiger partial charge >= 0.3 is 6.03 Å². The number of ether oxygens (including phenoxy) is 2. The molecule has 2 aromatic carbocycles. The molecule has 0 spiro atoms. The minimum atomic E-state index is -0.174. The highest BCUT2D eigenvalue weighted by molar-refractivity contribution is 5.75. The Kier molecular flexibility index (Phi) is 5.43. The molecule has 5 nitrogen and oxygen atoms in total. The van der Waals surface area contributed by atoms with Crippen LogP contribution in [0.2, 0.25) is 0 Å². The maximum atomic E-state index is 12.4. The summed E-state index contributed by atoms with van der Waals surface area (Å²) in [7, 11) is 0. The molecular weight excluding hydrogens is 316 g/mol. The van der Waals surface area contributed by atoms with Gasteiger partial charge in [-0.15, -0.1) is 0 Å². The molecule has 0 aromatic heterocycles. The molecule has 1 heterocycles. The molecule has 2 N–H and O–H groups in total. The van der Waals surface area contributed by atoms with Gasteiger partial charge in [-0.25, -0.2) is 4.79 Å². The lowest BCUT2D eigenvalue weighted by molar-refractivity contribution is 0.174. The molecule has 0 saturated heterocycles. The zero-order valence-corrected chi connectivity index (χ0v) is 14.6. The molecule has 2 amide bonds. The second kappa shape index (κ2) is 7.92. The highest BCUT2D eigenvalue weighted by Crippen LogP contribution is 2.34. The summed E-state index contributed by atoms with van der Waals surface area (Å²) in [6.07, 6.45) is 1.90. The van der Waals surface area contributed by atoms with Crippen LogP contribution in [-0.2, 0) is 0 Å². The molecule has 0 bridgehead atoms. The fourth-order valence-electron chi connectivity index (χ4n) is 2.96. The van der Waals surface area contributed by atoms with E-state index in [0.717, 1.165) is 35.5 Å². The number of urea groups is 1. The van der Waals surface area contributed by atoms with Crippen LogP contribution in [0.25, 0.3) is 0 Å². The maximum Gasteiger partial charge on any atom is 0.315 e. The third-order valence-electron chi connectivity index (χ3n) is 4.33. The first-order valence-corrected chi connectivity index (χ1v) is 8.69. The number of hydrogen-bond donors (Lipinski definition) is 2. The predicted octanol–water partition coefficient (Wildman–Crippen LogP) is 4.32. The molecule has 0 aliphatic carbocycles. The first kappa shape index (κ1) is 17.1. The standard InChI is InChI=1S/C20H24N2O3/c1-3-7-17(15-8-5-4-6-9-15)22-20(23)21-14(2)16-10-11-18-19(12-16)25-13-24-18/h4-6,8-12,14,17H,3,7,13H2,1-2H3,(H2,21,22,23)/t14-,17+/m1/s1. The van der Waals surface area contributed by atoms with Crippen molar-refractivity contribution in [1.82, 2.24) is 10.6 Å². The van der Waals surface area contributed by atoms with Crippen molar-refractivity contribution in [3.8, 4) is 11.5 Å². The summed E-state index contributed by atoms with van der Waals surface area (Å²) in [6, 6.07) is 15.5. The number of nitrogens with one attached hydrogen (secondary N) is 2. The quantitative estimate of drug-likeness (QED) is 0.823. The summed E-state index contributed by atoms with van der Waals surface area (Å²) in [5, 5.41) is 6.08. The van der Waals surface area contributed by atoms with Gasteiger partial charge in [0, 0.05) is 0 Å². The van der Waals surface area contributed by atoms with Gasteiger partial charge in [-0.3, -0.25) is 0 Å². The van der Waals surface area contributed by atoms with E-state index in [1.54, 1.807) is 0 Å². The van der Waals surface area contributed by atoms with Gasteiger partial charge in [0.25, 0.3) is 0 Å². The van der Waals surface area contributed by atoms with Crippen molar-refractivity contribution in [2.24, 2.45) is 0 Å². The Morgan fingerprint density at radius 1 is 1.04 bits per heavy atom. The van der Waals surface area contributed by atoms with Crippen molar-refractivity contribution in [2.45, 2.75) is 38.8 Å². The maximum absolute atomic E-state index is 12.4. The number of hydrogen-bond acceptors (Lipinski definition) is 3. The van der Waals surface area contributed by atoms with Crippen LogP contribution in [0.1, 0.15) is 49.9 Å². The average Bonchev–Trinajstić information content (AvgIpc) is 3.09. The number of carbonyl (C=O) groups excluding carboxylic acids is 1. The van der Waals surface area contributed by atoms with E-state index < -0.39 is 0 Å². The summed E-state index contributed by atoms with van der Waals surface area (Å²) < 4.78 is 10.7. The van der Waals surface area contributed by atoms with E-state index in [1.165, 1.54) is 0 Å². The first-order valence-electron chi connectivity index (χ1n) is 8.69. The van der Waals surface area contributed by atoms with E-state index >= 15 is 0 Å². The fourth-order valence-corrected chi connectivity index (χ4v) is 2.96. The third-order valence-corrected chi connectivity index (χ3v) is 4.33. The fraction of sp³-hybridized carbons (Fsp3) is 0.350. The lowest BCUT2D eigenvalue weighted by Gasteiger charge is -2.21. The Morgan fingerprint density at radius 3 is 2.56 bits per heavy atom. The molecule has 0 fully saturated rings. The normalized spacial score (nSPS) is 14.6. The van der Waals surface area contributed by atoms with Crippen LogP contribution >= 0.6 is 0 Å². The Balaban J connectivity index is 1.62.